The molecule has 0 saturated carbocycles. The van der Waals surface area contributed by atoms with Crippen molar-refractivity contribution in [1.29, 1.82) is 0 Å². The fourth-order valence-electron chi connectivity index (χ4n) is 1.52. The summed E-state index contributed by atoms with van der Waals surface area (Å²) in [6.45, 7) is 0.145. The third kappa shape index (κ3) is 3.90. The Bertz CT molecular complexity index is 614. The van der Waals surface area contributed by atoms with Gasteiger partial charge in [0, 0.05) is 9.92 Å². The number of rotatable bonds is 3. The summed E-state index contributed by atoms with van der Waals surface area (Å²) in [6, 6.07) is 12.0. The van der Waals surface area contributed by atoms with Gasteiger partial charge in [-0.05, 0) is 35.9 Å². The first-order valence-corrected chi connectivity index (χ1v) is 6.66. The summed E-state index contributed by atoms with van der Waals surface area (Å²) in [5.41, 5.74) is 1.12. The molecule has 0 fully saturated rings. The van der Waals surface area contributed by atoms with Crippen LogP contribution in [0.25, 0.3) is 0 Å². The maximum Gasteiger partial charge on any atom is 0.340 e. The highest BCUT2D eigenvalue weighted by Gasteiger charge is 2.12. The van der Waals surface area contributed by atoms with Gasteiger partial charge < -0.3 is 4.74 Å². The zero-order valence-corrected chi connectivity index (χ0v) is 12.2. The minimum atomic E-state index is -0.485. The Morgan fingerprint density at radius 3 is 2.68 bits per heavy atom. The van der Waals surface area contributed by atoms with Gasteiger partial charge in [-0.2, -0.15) is 0 Å². The lowest BCUT2D eigenvalue weighted by molar-refractivity contribution is 0.0472. The molecular formula is C14H10Cl2O2S. The first-order valence-electron chi connectivity index (χ1n) is 5.46. The zero-order chi connectivity index (χ0) is 13.8. The molecule has 0 saturated heterocycles. The molecule has 0 bridgehead atoms. The van der Waals surface area contributed by atoms with Crippen molar-refractivity contribution in [1.82, 2.24) is 0 Å². The molecule has 2 rings (SSSR count). The highest BCUT2D eigenvalue weighted by atomic mass is 35.5. The first kappa shape index (κ1) is 14.3. The lowest BCUT2D eigenvalue weighted by Crippen LogP contribution is -2.06. The van der Waals surface area contributed by atoms with E-state index in [-0.39, 0.29) is 6.61 Å². The molecule has 0 unspecified atom stereocenters. The van der Waals surface area contributed by atoms with Crippen LogP contribution in [0.3, 0.4) is 0 Å². The summed E-state index contributed by atoms with van der Waals surface area (Å²) >= 11 is 16.0. The lowest BCUT2D eigenvalue weighted by atomic mass is 10.2. The number of thiol groups is 1. The molecule has 2 aromatic rings. The number of halogens is 2. The molecule has 5 heteroatoms. The van der Waals surface area contributed by atoms with Crippen LogP contribution in [-0.4, -0.2) is 5.97 Å². The van der Waals surface area contributed by atoms with Crippen LogP contribution in [0.2, 0.25) is 10.0 Å². The second-order valence-electron chi connectivity index (χ2n) is 3.87. The van der Waals surface area contributed by atoms with E-state index in [0.29, 0.717) is 20.5 Å². The van der Waals surface area contributed by atoms with Crippen molar-refractivity contribution in [3.63, 3.8) is 0 Å². The summed E-state index contributed by atoms with van der Waals surface area (Å²) in [5, 5.41) is 0.942. The fourth-order valence-corrected chi connectivity index (χ4v) is 2.13. The van der Waals surface area contributed by atoms with E-state index < -0.39 is 5.97 Å². The monoisotopic (exact) mass is 312 g/mol. The lowest BCUT2D eigenvalue weighted by Gasteiger charge is -2.07. The van der Waals surface area contributed by atoms with E-state index in [9.17, 15) is 4.79 Å². The summed E-state index contributed by atoms with van der Waals surface area (Å²) in [5.74, 6) is -0.485. The van der Waals surface area contributed by atoms with E-state index in [0.717, 1.165) is 5.56 Å². The van der Waals surface area contributed by atoms with Gasteiger partial charge in [0.25, 0.3) is 0 Å². The highest BCUT2D eigenvalue weighted by molar-refractivity contribution is 7.80. The van der Waals surface area contributed by atoms with E-state index in [1.165, 1.54) is 0 Å². The van der Waals surface area contributed by atoms with Crippen LogP contribution in [0.15, 0.2) is 47.4 Å². The third-order valence-electron chi connectivity index (χ3n) is 2.43. The van der Waals surface area contributed by atoms with Crippen LogP contribution >= 0.6 is 35.8 Å². The number of hydrogen-bond donors (Lipinski definition) is 1. The summed E-state index contributed by atoms with van der Waals surface area (Å²) in [7, 11) is 0. The molecule has 0 amide bonds. The number of carbonyl (C=O) groups excluding carboxylic acids is 1. The number of esters is 1. The van der Waals surface area contributed by atoms with Crippen molar-refractivity contribution in [3.8, 4) is 0 Å². The van der Waals surface area contributed by atoms with Gasteiger partial charge in [0.1, 0.15) is 6.61 Å². The van der Waals surface area contributed by atoms with Crippen LogP contribution in [0, 0.1) is 0 Å². The average Bonchev–Trinajstić information content (AvgIpc) is 2.39. The van der Waals surface area contributed by atoms with E-state index >= 15 is 0 Å². The van der Waals surface area contributed by atoms with Gasteiger partial charge in [-0.25, -0.2) is 4.79 Å². The Morgan fingerprint density at radius 2 is 1.95 bits per heavy atom. The van der Waals surface area contributed by atoms with Crippen molar-refractivity contribution in [2.75, 3.05) is 0 Å². The second kappa shape index (κ2) is 6.33. The van der Waals surface area contributed by atoms with Crippen molar-refractivity contribution in [2.45, 2.75) is 11.5 Å². The summed E-state index contributed by atoms with van der Waals surface area (Å²) in [6.07, 6.45) is 0. The quantitative estimate of drug-likeness (QED) is 0.660. The zero-order valence-electron chi connectivity index (χ0n) is 9.77. The predicted molar refractivity (Wildman–Crippen MR) is 79.3 cm³/mol. The van der Waals surface area contributed by atoms with Gasteiger partial charge >= 0.3 is 5.97 Å². The van der Waals surface area contributed by atoms with Crippen LogP contribution in [-0.2, 0) is 11.3 Å². The van der Waals surface area contributed by atoms with Crippen molar-refractivity contribution < 1.29 is 9.53 Å². The molecule has 2 nitrogen and oxygen atoms in total. The summed E-state index contributed by atoms with van der Waals surface area (Å²) < 4.78 is 5.19. The molecule has 19 heavy (non-hydrogen) atoms. The van der Waals surface area contributed by atoms with Gasteiger partial charge in [0.15, 0.2) is 0 Å². The molecule has 0 aliphatic rings. The number of carbonyl (C=O) groups is 1. The highest BCUT2D eigenvalue weighted by Crippen LogP contribution is 2.21. The Hall–Kier alpha value is -1.16. The number of benzene rings is 2. The first-order chi connectivity index (χ1) is 9.06. The van der Waals surface area contributed by atoms with Crippen LogP contribution in [0.5, 0.6) is 0 Å². The fraction of sp³-hybridized carbons (Fsp3) is 0.0714. The second-order valence-corrected chi connectivity index (χ2v) is 5.23. The van der Waals surface area contributed by atoms with Gasteiger partial charge in [0.2, 0.25) is 0 Å². The van der Waals surface area contributed by atoms with Crippen LogP contribution in [0.1, 0.15) is 15.9 Å². The normalized spacial score (nSPS) is 10.3. The molecular weight excluding hydrogens is 303 g/mol. The maximum absolute atomic E-state index is 11.9. The van der Waals surface area contributed by atoms with Gasteiger partial charge in [-0.3, -0.25) is 0 Å². The maximum atomic E-state index is 11.9. The van der Waals surface area contributed by atoms with Gasteiger partial charge in [-0.15, -0.1) is 12.6 Å². The van der Waals surface area contributed by atoms with Gasteiger partial charge in [-0.1, -0.05) is 35.3 Å². The van der Waals surface area contributed by atoms with Crippen molar-refractivity contribution in [3.05, 3.63) is 63.6 Å². The SMILES string of the molecule is O=C(OCc1cccc(Cl)c1)c1cc(S)ccc1Cl. The number of ether oxygens (including phenoxy) is 1. The predicted octanol–water partition coefficient (Wildman–Crippen LogP) is 4.64. The molecule has 0 aliphatic carbocycles. The third-order valence-corrected chi connectivity index (χ3v) is 3.27. The molecule has 0 atom stereocenters. The van der Waals surface area contributed by atoms with Gasteiger partial charge in [0.05, 0.1) is 10.6 Å². The smallest absolute Gasteiger partial charge is 0.340 e. The topological polar surface area (TPSA) is 26.3 Å². The number of hydrogen-bond acceptors (Lipinski definition) is 3. The van der Waals surface area contributed by atoms with E-state index in [2.05, 4.69) is 12.6 Å². The molecule has 2 aromatic carbocycles. The molecule has 0 aliphatic heterocycles. The minimum absolute atomic E-state index is 0.145. The van der Waals surface area contributed by atoms with Crippen molar-refractivity contribution in [2.24, 2.45) is 0 Å². The molecule has 0 aromatic heterocycles. The Morgan fingerprint density at radius 1 is 1.16 bits per heavy atom. The molecule has 0 spiro atoms. The minimum Gasteiger partial charge on any atom is -0.457 e. The standard InChI is InChI=1S/C14H10Cl2O2S/c15-10-3-1-2-9(6-10)8-18-14(17)12-7-11(19)4-5-13(12)16/h1-7,19H,8H2. The molecule has 0 radical (unpaired) electrons. The Balaban J connectivity index is 2.07. The largest absolute Gasteiger partial charge is 0.457 e. The van der Waals surface area contributed by atoms with Crippen LogP contribution < -0.4 is 0 Å². The Labute approximate surface area is 126 Å². The van der Waals surface area contributed by atoms with Crippen LogP contribution in [0.4, 0.5) is 0 Å². The van der Waals surface area contributed by atoms with E-state index in [1.807, 2.05) is 6.07 Å². The van der Waals surface area contributed by atoms with E-state index in [1.54, 1.807) is 36.4 Å². The molecule has 0 N–H and O–H groups in total. The summed E-state index contributed by atoms with van der Waals surface area (Å²) in [4.78, 5) is 12.6. The molecule has 98 valence electrons. The van der Waals surface area contributed by atoms with Crippen molar-refractivity contribution >= 4 is 41.8 Å². The molecule has 0 heterocycles. The van der Waals surface area contributed by atoms with E-state index in [4.69, 9.17) is 27.9 Å². The average molecular weight is 313 g/mol. The Kier molecular flexibility index (Phi) is 4.75.